The summed E-state index contributed by atoms with van der Waals surface area (Å²) in [5.41, 5.74) is 4.18. The van der Waals surface area contributed by atoms with Crippen molar-refractivity contribution in [2.24, 2.45) is 7.05 Å². The lowest BCUT2D eigenvalue weighted by molar-refractivity contribution is 0.111. The van der Waals surface area contributed by atoms with Crippen molar-refractivity contribution in [1.82, 2.24) is 18.9 Å². The summed E-state index contributed by atoms with van der Waals surface area (Å²) in [5.74, 6) is 0. The highest BCUT2D eigenvalue weighted by molar-refractivity contribution is 6.36. The van der Waals surface area contributed by atoms with Gasteiger partial charge in [0, 0.05) is 47.7 Å². The predicted molar refractivity (Wildman–Crippen MR) is 122 cm³/mol. The number of pyridine rings is 2. The van der Waals surface area contributed by atoms with E-state index < -0.39 is 5.56 Å². The van der Waals surface area contributed by atoms with E-state index in [1.165, 1.54) is 10.6 Å². The van der Waals surface area contributed by atoms with E-state index in [0.717, 1.165) is 28.4 Å². The Morgan fingerprint density at radius 2 is 1.78 bits per heavy atom. The van der Waals surface area contributed by atoms with Crippen molar-refractivity contribution >= 4 is 40.9 Å². The molecule has 0 aliphatic carbocycles. The van der Waals surface area contributed by atoms with Crippen molar-refractivity contribution < 1.29 is 9.59 Å². The lowest BCUT2D eigenvalue weighted by Gasteiger charge is -2.11. The van der Waals surface area contributed by atoms with Gasteiger partial charge < -0.3 is 4.57 Å². The van der Waals surface area contributed by atoms with Crippen LogP contribution in [0, 0.1) is 0 Å². The maximum atomic E-state index is 12.3. The summed E-state index contributed by atoms with van der Waals surface area (Å²) >= 11 is 6.79. The first-order valence-corrected chi connectivity index (χ1v) is 10.1. The van der Waals surface area contributed by atoms with Gasteiger partial charge in [0.1, 0.15) is 11.3 Å². The molecule has 1 aromatic carbocycles. The minimum atomic E-state index is -0.425. The molecule has 0 spiro atoms. The number of rotatable bonds is 4. The van der Waals surface area contributed by atoms with Crippen LogP contribution in [0.5, 0.6) is 0 Å². The zero-order valence-corrected chi connectivity index (χ0v) is 17.6. The molecule has 0 aliphatic rings. The number of carbonyl (C=O) groups excluding carboxylic acids is 2. The highest BCUT2D eigenvalue weighted by Gasteiger charge is 2.15. The SMILES string of the molecule is Cn1cc(C=O)c2ccc(-c3cccc(-c4ccn5c(=O)c(C=O)cnc5c4)c3Cl)nc21. The van der Waals surface area contributed by atoms with Gasteiger partial charge in [-0.05, 0) is 29.8 Å². The van der Waals surface area contributed by atoms with Crippen LogP contribution in [0.1, 0.15) is 20.7 Å². The highest BCUT2D eigenvalue weighted by atomic mass is 35.5. The molecule has 0 aliphatic heterocycles. The third-order valence-electron chi connectivity index (χ3n) is 5.43. The van der Waals surface area contributed by atoms with Crippen LogP contribution >= 0.6 is 11.6 Å². The second kappa shape index (κ2) is 7.55. The molecule has 0 fully saturated rings. The standard InChI is InChI=1S/C24H15ClN4O3/c1-28-11-16(13-31)18-5-6-20(27-23(18)28)19-4-2-3-17(22(19)25)14-7-8-29-21(9-14)26-10-15(12-30)24(29)32/h2-13H,1H3. The average molecular weight is 443 g/mol. The lowest BCUT2D eigenvalue weighted by atomic mass is 10.0. The number of aldehydes is 2. The van der Waals surface area contributed by atoms with Crippen LogP contribution in [-0.2, 0) is 7.05 Å². The number of hydrogen-bond acceptors (Lipinski definition) is 5. The summed E-state index contributed by atoms with van der Waals surface area (Å²) in [4.78, 5) is 43.5. The molecule has 5 rings (SSSR count). The third kappa shape index (κ3) is 3.02. The van der Waals surface area contributed by atoms with Crippen molar-refractivity contribution in [2.75, 3.05) is 0 Å². The minimum Gasteiger partial charge on any atom is -0.335 e. The normalized spacial score (nSPS) is 11.2. The first kappa shape index (κ1) is 19.8. The van der Waals surface area contributed by atoms with E-state index in [2.05, 4.69) is 4.98 Å². The Morgan fingerprint density at radius 1 is 1.00 bits per heavy atom. The van der Waals surface area contributed by atoms with E-state index in [0.29, 0.717) is 33.9 Å². The Balaban J connectivity index is 1.65. The quantitative estimate of drug-likeness (QED) is 0.389. The minimum absolute atomic E-state index is 0.00448. The van der Waals surface area contributed by atoms with E-state index in [1.807, 2.05) is 37.4 Å². The number of aromatic nitrogens is 4. The number of benzene rings is 1. The van der Waals surface area contributed by atoms with Crippen LogP contribution in [0.4, 0.5) is 0 Å². The molecule has 0 saturated heterocycles. The maximum Gasteiger partial charge on any atom is 0.268 e. The Labute approximate surface area is 186 Å². The molecule has 0 radical (unpaired) electrons. The highest BCUT2D eigenvalue weighted by Crippen LogP contribution is 2.36. The van der Waals surface area contributed by atoms with Gasteiger partial charge in [-0.3, -0.25) is 18.8 Å². The molecule has 0 unspecified atom stereocenters. The van der Waals surface area contributed by atoms with Crippen LogP contribution in [0.25, 0.3) is 39.1 Å². The molecule has 0 amide bonds. The van der Waals surface area contributed by atoms with E-state index >= 15 is 0 Å². The zero-order chi connectivity index (χ0) is 22.4. The van der Waals surface area contributed by atoms with Crippen molar-refractivity contribution in [3.63, 3.8) is 0 Å². The van der Waals surface area contributed by atoms with E-state index in [9.17, 15) is 14.4 Å². The van der Waals surface area contributed by atoms with Crippen molar-refractivity contribution in [1.29, 1.82) is 0 Å². The van der Waals surface area contributed by atoms with Crippen LogP contribution < -0.4 is 5.56 Å². The van der Waals surface area contributed by atoms with Crippen LogP contribution in [0.2, 0.25) is 5.02 Å². The largest absolute Gasteiger partial charge is 0.335 e. The molecule has 0 bridgehead atoms. The van der Waals surface area contributed by atoms with Gasteiger partial charge in [-0.25, -0.2) is 9.97 Å². The summed E-state index contributed by atoms with van der Waals surface area (Å²) in [6.07, 6.45) is 5.88. The van der Waals surface area contributed by atoms with Gasteiger partial charge in [-0.1, -0.05) is 29.8 Å². The number of halogens is 1. The van der Waals surface area contributed by atoms with Gasteiger partial charge in [0.05, 0.1) is 16.3 Å². The van der Waals surface area contributed by atoms with Crippen molar-refractivity contribution in [3.8, 4) is 22.4 Å². The average Bonchev–Trinajstić information content (AvgIpc) is 3.14. The van der Waals surface area contributed by atoms with Crippen molar-refractivity contribution in [3.05, 3.63) is 87.6 Å². The molecule has 4 aromatic heterocycles. The lowest BCUT2D eigenvalue weighted by Crippen LogP contribution is -2.18. The van der Waals surface area contributed by atoms with Gasteiger partial charge in [-0.15, -0.1) is 0 Å². The molecule has 32 heavy (non-hydrogen) atoms. The van der Waals surface area contributed by atoms with Crippen molar-refractivity contribution in [2.45, 2.75) is 0 Å². The van der Waals surface area contributed by atoms with Gasteiger partial charge >= 0.3 is 0 Å². The molecule has 5 aromatic rings. The Hall–Kier alpha value is -4.10. The first-order valence-electron chi connectivity index (χ1n) is 9.69. The second-order valence-corrected chi connectivity index (χ2v) is 7.71. The summed E-state index contributed by atoms with van der Waals surface area (Å²) < 4.78 is 3.13. The molecule has 7 nitrogen and oxygen atoms in total. The smallest absolute Gasteiger partial charge is 0.268 e. The molecule has 4 heterocycles. The number of hydrogen-bond donors (Lipinski definition) is 0. The fraction of sp³-hybridized carbons (Fsp3) is 0.0417. The Morgan fingerprint density at radius 3 is 2.56 bits per heavy atom. The third-order valence-corrected chi connectivity index (χ3v) is 5.84. The molecule has 0 saturated carbocycles. The zero-order valence-electron chi connectivity index (χ0n) is 16.8. The summed E-state index contributed by atoms with van der Waals surface area (Å²) in [5, 5.41) is 1.28. The second-order valence-electron chi connectivity index (χ2n) is 7.33. The Bertz CT molecular complexity index is 1620. The maximum absolute atomic E-state index is 12.3. The molecule has 0 N–H and O–H groups in total. The molecule has 156 valence electrons. The van der Waals surface area contributed by atoms with Crippen LogP contribution in [0.15, 0.2) is 65.8 Å². The van der Waals surface area contributed by atoms with E-state index in [-0.39, 0.29) is 5.56 Å². The Kier molecular flexibility index (Phi) is 4.68. The van der Waals surface area contributed by atoms with Crippen LogP contribution in [-0.4, -0.2) is 31.5 Å². The van der Waals surface area contributed by atoms with Gasteiger partial charge in [0.25, 0.3) is 5.56 Å². The fourth-order valence-corrected chi connectivity index (χ4v) is 4.15. The fourth-order valence-electron chi connectivity index (χ4n) is 3.82. The first-order chi connectivity index (χ1) is 15.5. The summed E-state index contributed by atoms with van der Waals surface area (Å²) in [6, 6.07) is 12.8. The number of aryl methyl sites for hydroxylation is 1. The van der Waals surface area contributed by atoms with Gasteiger partial charge in [0.15, 0.2) is 12.6 Å². The molecule has 0 atom stereocenters. The van der Waals surface area contributed by atoms with Gasteiger partial charge in [0.2, 0.25) is 0 Å². The van der Waals surface area contributed by atoms with Crippen LogP contribution in [0.3, 0.4) is 0 Å². The monoisotopic (exact) mass is 442 g/mol. The molecule has 8 heteroatoms. The number of carbonyl (C=O) groups is 2. The number of nitrogens with zero attached hydrogens (tertiary/aromatic N) is 4. The summed E-state index contributed by atoms with van der Waals surface area (Å²) in [6.45, 7) is 0. The van der Waals surface area contributed by atoms with Gasteiger partial charge in [-0.2, -0.15) is 0 Å². The topological polar surface area (TPSA) is 86.3 Å². The molecular weight excluding hydrogens is 428 g/mol. The van der Waals surface area contributed by atoms with E-state index in [1.54, 1.807) is 29.1 Å². The summed E-state index contributed by atoms with van der Waals surface area (Å²) in [7, 11) is 1.84. The van der Waals surface area contributed by atoms with E-state index in [4.69, 9.17) is 16.6 Å². The number of fused-ring (bicyclic) bond motifs is 2. The molecular formula is C24H15ClN4O3. The predicted octanol–water partition coefficient (Wildman–Crippen LogP) is 4.19.